The lowest BCUT2D eigenvalue weighted by molar-refractivity contribution is 0.103. The van der Waals surface area contributed by atoms with Crippen LogP contribution in [0.1, 0.15) is 12.8 Å². The van der Waals surface area contributed by atoms with E-state index in [-0.39, 0.29) is 6.10 Å². The number of halogens is 1. The molecule has 0 spiro atoms. The first-order valence-corrected chi connectivity index (χ1v) is 5.72. The number of hydrogen-bond acceptors (Lipinski definition) is 1. The van der Waals surface area contributed by atoms with Gasteiger partial charge in [0.1, 0.15) is 0 Å². The molecule has 0 aromatic carbocycles. The predicted molar refractivity (Wildman–Crippen MR) is 60.6 cm³/mol. The lowest BCUT2D eigenvalue weighted by Gasteiger charge is -2.14. The van der Waals surface area contributed by atoms with Crippen LogP contribution in [0.3, 0.4) is 0 Å². The molecule has 70 valence electrons. The van der Waals surface area contributed by atoms with Crippen LogP contribution in [0, 0.1) is 0 Å². The molecular formula is C10H14BBrO. The van der Waals surface area contributed by atoms with Gasteiger partial charge in [0.05, 0.1) is 20.6 Å². The maximum atomic E-state index is 5.59. The molecule has 1 aliphatic rings. The van der Waals surface area contributed by atoms with E-state index in [1.54, 1.807) is 0 Å². The Morgan fingerprint density at radius 3 is 2.92 bits per heavy atom. The van der Waals surface area contributed by atoms with Gasteiger partial charge in [-0.25, -0.2) is 0 Å². The first-order chi connectivity index (χ1) is 6.36. The summed E-state index contributed by atoms with van der Waals surface area (Å²) >= 11 is 3.36. The second kappa shape index (κ2) is 6.44. The molecule has 1 nitrogen and oxygen atoms in total. The van der Waals surface area contributed by atoms with Crippen molar-refractivity contribution in [1.29, 1.82) is 0 Å². The molecule has 1 unspecified atom stereocenters. The van der Waals surface area contributed by atoms with Gasteiger partial charge >= 0.3 is 0 Å². The normalized spacial score (nSPS) is 18.4. The number of ether oxygens (including phenoxy) is 1. The minimum atomic E-state index is 0.135. The van der Waals surface area contributed by atoms with Crippen LogP contribution in [0.5, 0.6) is 0 Å². The highest BCUT2D eigenvalue weighted by molar-refractivity contribution is 9.09. The van der Waals surface area contributed by atoms with E-state index in [4.69, 9.17) is 12.6 Å². The summed E-state index contributed by atoms with van der Waals surface area (Å²) in [6.07, 6.45) is 9.54. The fourth-order valence-corrected chi connectivity index (χ4v) is 1.62. The molecule has 1 atom stereocenters. The van der Waals surface area contributed by atoms with Crippen molar-refractivity contribution in [2.75, 3.05) is 11.9 Å². The second-order valence-electron chi connectivity index (χ2n) is 3.08. The van der Waals surface area contributed by atoms with E-state index < -0.39 is 0 Å². The van der Waals surface area contributed by atoms with Crippen LogP contribution >= 0.6 is 15.9 Å². The van der Waals surface area contributed by atoms with Gasteiger partial charge in [-0.1, -0.05) is 40.5 Å². The SMILES string of the molecule is [B]CC(CBr)OCC1=CCCC=C1. The zero-order valence-corrected chi connectivity index (χ0v) is 9.29. The van der Waals surface area contributed by atoms with Crippen molar-refractivity contribution in [1.82, 2.24) is 0 Å². The van der Waals surface area contributed by atoms with Crippen LogP contribution in [-0.2, 0) is 4.74 Å². The quantitative estimate of drug-likeness (QED) is 0.531. The third-order valence-corrected chi connectivity index (χ3v) is 2.71. The smallest absolute Gasteiger partial charge is 0.0717 e. The molecule has 0 saturated carbocycles. The molecular weight excluding hydrogens is 227 g/mol. The minimum Gasteiger partial charge on any atom is -0.373 e. The maximum absolute atomic E-state index is 5.59. The molecule has 2 radical (unpaired) electrons. The lowest BCUT2D eigenvalue weighted by Crippen LogP contribution is -2.15. The van der Waals surface area contributed by atoms with E-state index in [1.807, 2.05) is 0 Å². The fourth-order valence-electron chi connectivity index (χ4n) is 1.16. The van der Waals surface area contributed by atoms with Crippen molar-refractivity contribution in [3.63, 3.8) is 0 Å². The summed E-state index contributed by atoms with van der Waals surface area (Å²) in [6.45, 7) is 0.684. The Kier molecular flexibility index (Phi) is 5.48. The highest BCUT2D eigenvalue weighted by Gasteiger charge is 2.05. The average molecular weight is 241 g/mol. The van der Waals surface area contributed by atoms with Gasteiger partial charge in [0.2, 0.25) is 0 Å². The molecule has 0 saturated heterocycles. The third kappa shape index (κ3) is 4.14. The van der Waals surface area contributed by atoms with Gasteiger partial charge in [-0.15, -0.1) is 0 Å². The van der Waals surface area contributed by atoms with Gasteiger partial charge < -0.3 is 4.74 Å². The third-order valence-electron chi connectivity index (χ3n) is 1.99. The molecule has 0 aromatic heterocycles. The second-order valence-corrected chi connectivity index (χ2v) is 3.73. The Balaban J connectivity index is 2.24. The highest BCUT2D eigenvalue weighted by Crippen LogP contribution is 2.11. The topological polar surface area (TPSA) is 9.23 Å². The molecule has 0 bridgehead atoms. The molecule has 0 heterocycles. The standard InChI is InChI=1S/C10H14BBrO/c11-6-10(7-12)13-8-9-4-2-1-3-5-9/h2,4-5,10H,1,3,6-8H2. The van der Waals surface area contributed by atoms with Crippen LogP contribution in [0.4, 0.5) is 0 Å². The van der Waals surface area contributed by atoms with Gasteiger partial charge in [0.15, 0.2) is 0 Å². The van der Waals surface area contributed by atoms with Gasteiger partial charge in [-0.2, -0.15) is 0 Å². The Bertz CT molecular complexity index is 197. The van der Waals surface area contributed by atoms with Crippen LogP contribution in [0.15, 0.2) is 23.8 Å². The largest absolute Gasteiger partial charge is 0.373 e. The Hall–Kier alpha value is -0.0151. The van der Waals surface area contributed by atoms with Crippen molar-refractivity contribution in [2.24, 2.45) is 0 Å². The predicted octanol–water partition coefficient (Wildman–Crippen LogP) is 2.63. The number of alkyl halides is 1. The van der Waals surface area contributed by atoms with Crippen LogP contribution in [0.2, 0.25) is 6.32 Å². The van der Waals surface area contributed by atoms with E-state index in [2.05, 4.69) is 34.2 Å². The first kappa shape index (κ1) is 11.1. The van der Waals surface area contributed by atoms with Gasteiger partial charge in [0, 0.05) is 5.33 Å². The molecule has 0 N–H and O–H groups in total. The van der Waals surface area contributed by atoms with Gasteiger partial charge in [-0.3, -0.25) is 0 Å². The summed E-state index contributed by atoms with van der Waals surface area (Å²) < 4.78 is 5.59. The van der Waals surface area contributed by atoms with E-state index in [1.165, 1.54) is 5.57 Å². The van der Waals surface area contributed by atoms with Crippen molar-refractivity contribution < 1.29 is 4.74 Å². The average Bonchev–Trinajstić information content (AvgIpc) is 2.21. The number of hydrogen-bond donors (Lipinski definition) is 0. The number of allylic oxidation sites excluding steroid dienone is 2. The van der Waals surface area contributed by atoms with Crippen molar-refractivity contribution in [2.45, 2.75) is 25.3 Å². The molecule has 1 aliphatic carbocycles. The molecule has 0 aliphatic heterocycles. The molecule has 0 aromatic rings. The highest BCUT2D eigenvalue weighted by atomic mass is 79.9. The van der Waals surface area contributed by atoms with E-state index in [9.17, 15) is 0 Å². The lowest BCUT2D eigenvalue weighted by atomic mass is 10.0. The Morgan fingerprint density at radius 2 is 2.38 bits per heavy atom. The van der Waals surface area contributed by atoms with Crippen molar-refractivity contribution in [3.8, 4) is 0 Å². The molecule has 0 amide bonds. The fraction of sp³-hybridized carbons (Fsp3) is 0.600. The van der Waals surface area contributed by atoms with Crippen LogP contribution < -0.4 is 0 Å². The van der Waals surface area contributed by atoms with Crippen LogP contribution in [0.25, 0.3) is 0 Å². The zero-order valence-electron chi connectivity index (χ0n) is 7.71. The summed E-state index contributed by atoms with van der Waals surface area (Å²) in [5, 5.41) is 0.806. The molecule has 0 fully saturated rings. The van der Waals surface area contributed by atoms with Crippen LogP contribution in [-0.4, -0.2) is 25.9 Å². The minimum absolute atomic E-state index is 0.135. The van der Waals surface area contributed by atoms with Gasteiger partial charge in [-0.05, 0) is 18.4 Å². The number of rotatable bonds is 5. The molecule has 3 heteroatoms. The van der Waals surface area contributed by atoms with Crippen molar-refractivity contribution in [3.05, 3.63) is 23.8 Å². The summed E-state index contributed by atoms with van der Waals surface area (Å²) in [5.74, 6) is 0. The zero-order chi connectivity index (χ0) is 9.52. The summed E-state index contributed by atoms with van der Waals surface area (Å²) in [4.78, 5) is 0. The maximum Gasteiger partial charge on any atom is 0.0717 e. The van der Waals surface area contributed by atoms with Gasteiger partial charge in [0.25, 0.3) is 0 Å². The van der Waals surface area contributed by atoms with Crippen molar-refractivity contribution >= 4 is 23.8 Å². The molecule has 13 heavy (non-hydrogen) atoms. The molecule has 1 rings (SSSR count). The first-order valence-electron chi connectivity index (χ1n) is 4.60. The monoisotopic (exact) mass is 240 g/mol. The Labute approximate surface area is 89.8 Å². The van der Waals surface area contributed by atoms with E-state index >= 15 is 0 Å². The summed E-state index contributed by atoms with van der Waals surface area (Å²) in [7, 11) is 5.51. The summed E-state index contributed by atoms with van der Waals surface area (Å²) in [6, 6.07) is 0. The summed E-state index contributed by atoms with van der Waals surface area (Å²) in [5.41, 5.74) is 1.27. The van der Waals surface area contributed by atoms with E-state index in [0.29, 0.717) is 12.9 Å². The van der Waals surface area contributed by atoms with E-state index in [0.717, 1.165) is 18.2 Å². The Morgan fingerprint density at radius 1 is 1.54 bits per heavy atom.